The number of fused-ring (bicyclic) bond motifs is 1. The van der Waals surface area contributed by atoms with Crippen LogP contribution in [-0.4, -0.2) is 30.4 Å². The van der Waals surface area contributed by atoms with Crippen LogP contribution in [0.1, 0.15) is 12.2 Å². The van der Waals surface area contributed by atoms with Crippen LogP contribution in [0.3, 0.4) is 0 Å². The van der Waals surface area contributed by atoms with Gasteiger partial charge in [0.15, 0.2) is 0 Å². The molecule has 2 aromatic rings. The molecule has 1 aromatic heterocycles. The molecule has 5 heteroatoms. The van der Waals surface area contributed by atoms with Crippen molar-refractivity contribution in [1.29, 1.82) is 0 Å². The number of alkyl halides is 1. The van der Waals surface area contributed by atoms with Crippen molar-refractivity contribution in [3.05, 3.63) is 24.0 Å². The van der Waals surface area contributed by atoms with Crippen LogP contribution in [0.2, 0.25) is 0 Å². The molecule has 0 radical (unpaired) electrons. The number of aromatic nitrogens is 2. The molecule has 0 saturated carbocycles. The summed E-state index contributed by atoms with van der Waals surface area (Å²) in [5, 5.41) is 0. The first-order valence-corrected chi connectivity index (χ1v) is 6.42. The van der Waals surface area contributed by atoms with Crippen LogP contribution in [0.25, 0.3) is 11.0 Å². The summed E-state index contributed by atoms with van der Waals surface area (Å²) < 4.78 is 12.5. The topological polar surface area (TPSA) is 36.3 Å². The van der Waals surface area contributed by atoms with Gasteiger partial charge in [0.25, 0.3) is 0 Å². The number of benzene rings is 1. The summed E-state index contributed by atoms with van der Waals surface area (Å²) in [6.07, 6.45) is 0.934. The average molecular weight is 269 g/mol. The minimum absolute atomic E-state index is 0.394. The van der Waals surface area contributed by atoms with Gasteiger partial charge in [0.2, 0.25) is 0 Å². The van der Waals surface area contributed by atoms with E-state index in [9.17, 15) is 0 Å². The summed E-state index contributed by atoms with van der Waals surface area (Å²) in [6, 6.07) is 5.91. The van der Waals surface area contributed by atoms with E-state index in [0.717, 1.165) is 42.2 Å². The summed E-state index contributed by atoms with van der Waals surface area (Å²) in [7, 11) is 3.36. The van der Waals surface area contributed by atoms with Crippen LogP contribution in [0.4, 0.5) is 0 Å². The predicted octanol–water partition coefficient (Wildman–Crippen LogP) is 2.82. The first-order valence-electron chi connectivity index (χ1n) is 5.88. The summed E-state index contributed by atoms with van der Waals surface area (Å²) in [4.78, 5) is 4.55. The van der Waals surface area contributed by atoms with Gasteiger partial charge in [-0.1, -0.05) is 6.07 Å². The van der Waals surface area contributed by atoms with Gasteiger partial charge in [0.05, 0.1) is 18.5 Å². The number of nitrogens with zero attached hydrogens (tertiary/aromatic N) is 2. The molecule has 98 valence electrons. The predicted molar refractivity (Wildman–Crippen MR) is 72.3 cm³/mol. The largest absolute Gasteiger partial charge is 0.494 e. The quantitative estimate of drug-likeness (QED) is 0.597. The molecular formula is C13H17ClN2O2. The summed E-state index contributed by atoms with van der Waals surface area (Å²) in [5.41, 5.74) is 1.93. The fourth-order valence-corrected chi connectivity index (χ4v) is 2.26. The van der Waals surface area contributed by atoms with Gasteiger partial charge in [-0.25, -0.2) is 4.98 Å². The Balaban J connectivity index is 2.42. The van der Waals surface area contributed by atoms with Crippen LogP contribution in [0.5, 0.6) is 5.75 Å². The zero-order valence-corrected chi connectivity index (χ0v) is 11.4. The monoisotopic (exact) mass is 268 g/mol. The van der Waals surface area contributed by atoms with E-state index < -0.39 is 0 Å². The van der Waals surface area contributed by atoms with Crippen molar-refractivity contribution >= 4 is 22.6 Å². The van der Waals surface area contributed by atoms with Gasteiger partial charge in [-0.15, -0.1) is 11.6 Å². The highest BCUT2D eigenvalue weighted by Crippen LogP contribution is 2.26. The Morgan fingerprint density at radius 1 is 1.33 bits per heavy atom. The van der Waals surface area contributed by atoms with E-state index in [4.69, 9.17) is 21.1 Å². The normalized spacial score (nSPS) is 11.1. The molecule has 0 atom stereocenters. The molecule has 0 saturated heterocycles. The van der Waals surface area contributed by atoms with E-state index in [1.165, 1.54) is 0 Å². The van der Waals surface area contributed by atoms with Gasteiger partial charge >= 0.3 is 0 Å². The van der Waals surface area contributed by atoms with Gasteiger partial charge in [-0.3, -0.25) is 0 Å². The third-order valence-electron chi connectivity index (χ3n) is 2.89. The first-order chi connectivity index (χ1) is 8.81. The molecule has 0 N–H and O–H groups in total. The molecule has 0 bridgehead atoms. The molecule has 0 aliphatic heterocycles. The van der Waals surface area contributed by atoms with Crippen molar-refractivity contribution in [2.75, 3.05) is 20.8 Å². The van der Waals surface area contributed by atoms with Crippen molar-refractivity contribution in [3.63, 3.8) is 0 Å². The van der Waals surface area contributed by atoms with Gasteiger partial charge in [-0.05, 0) is 18.6 Å². The van der Waals surface area contributed by atoms with E-state index in [0.29, 0.717) is 5.88 Å². The molecule has 4 nitrogen and oxygen atoms in total. The second kappa shape index (κ2) is 6.07. The Morgan fingerprint density at radius 2 is 2.17 bits per heavy atom. The Labute approximate surface area is 111 Å². The lowest BCUT2D eigenvalue weighted by molar-refractivity contribution is 0.190. The zero-order valence-electron chi connectivity index (χ0n) is 10.6. The highest BCUT2D eigenvalue weighted by molar-refractivity contribution is 6.16. The Morgan fingerprint density at radius 3 is 2.83 bits per heavy atom. The van der Waals surface area contributed by atoms with Crippen LogP contribution in [-0.2, 0) is 17.2 Å². The van der Waals surface area contributed by atoms with E-state index in [-0.39, 0.29) is 0 Å². The third-order valence-corrected chi connectivity index (χ3v) is 3.13. The molecule has 1 aromatic carbocycles. The van der Waals surface area contributed by atoms with Gasteiger partial charge in [0, 0.05) is 20.3 Å². The number of hydrogen-bond acceptors (Lipinski definition) is 3. The highest BCUT2D eigenvalue weighted by Gasteiger charge is 2.12. The van der Waals surface area contributed by atoms with Crippen molar-refractivity contribution in [1.82, 2.24) is 9.55 Å². The SMILES string of the molecule is COCCCn1c(CCl)nc2c(OC)cccc21. The number of methoxy groups -OCH3 is 2. The Kier molecular flexibility index (Phi) is 4.44. The molecular weight excluding hydrogens is 252 g/mol. The number of rotatable bonds is 6. The number of aryl methyl sites for hydroxylation is 1. The summed E-state index contributed by atoms with van der Waals surface area (Å²) in [6.45, 7) is 1.57. The maximum absolute atomic E-state index is 5.96. The lowest BCUT2D eigenvalue weighted by Gasteiger charge is -2.07. The third kappa shape index (κ3) is 2.44. The van der Waals surface area contributed by atoms with Crippen molar-refractivity contribution in [2.45, 2.75) is 18.8 Å². The van der Waals surface area contributed by atoms with Crippen LogP contribution >= 0.6 is 11.6 Å². The van der Waals surface area contributed by atoms with Crippen LogP contribution < -0.4 is 4.74 Å². The van der Waals surface area contributed by atoms with Crippen LogP contribution in [0, 0.1) is 0 Å². The van der Waals surface area contributed by atoms with Gasteiger partial charge < -0.3 is 14.0 Å². The maximum Gasteiger partial charge on any atom is 0.146 e. The lowest BCUT2D eigenvalue weighted by Crippen LogP contribution is -2.04. The van der Waals surface area contributed by atoms with E-state index in [1.54, 1.807) is 14.2 Å². The standard InChI is InChI=1S/C13H17ClN2O2/c1-17-8-4-7-16-10-5-3-6-11(18-2)13(10)15-12(16)9-14/h3,5-6H,4,7-9H2,1-2H3. The molecule has 2 rings (SSSR count). The second-order valence-electron chi connectivity index (χ2n) is 3.99. The number of ether oxygens (including phenoxy) is 2. The fraction of sp³-hybridized carbons (Fsp3) is 0.462. The fourth-order valence-electron chi connectivity index (χ4n) is 2.05. The van der Waals surface area contributed by atoms with Crippen molar-refractivity contribution in [3.8, 4) is 5.75 Å². The number of imidazole rings is 1. The molecule has 0 unspecified atom stereocenters. The number of para-hydroxylation sites is 1. The number of hydrogen-bond donors (Lipinski definition) is 0. The molecule has 0 aliphatic carbocycles. The molecule has 0 fully saturated rings. The molecule has 18 heavy (non-hydrogen) atoms. The first kappa shape index (κ1) is 13.2. The average Bonchev–Trinajstić information content (AvgIpc) is 2.77. The van der Waals surface area contributed by atoms with E-state index in [1.807, 2.05) is 18.2 Å². The van der Waals surface area contributed by atoms with Gasteiger partial charge in [0.1, 0.15) is 17.1 Å². The summed E-state index contributed by atoms with van der Waals surface area (Å²) >= 11 is 5.96. The van der Waals surface area contributed by atoms with Gasteiger partial charge in [-0.2, -0.15) is 0 Å². The van der Waals surface area contributed by atoms with E-state index >= 15 is 0 Å². The Bertz CT molecular complexity index is 525. The van der Waals surface area contributed by atoms with Crippen molar-refractivity contribution in [2.24, 2.45) is 0 Å². The molecule has 0 spiro atoms. The minimum Gasteiger partial charge on any atom is -0.494 e. The smallest absolute Gasteiger partial charge is 0.146 e. The van der Waals surface area contributed by atoms with Crippen molar-refractivity contribution < 1.29 is 9.47 Å². The maximum atomic E-state index is 5.96. The molecule has 1 heterocycles. The van der Waals surface area contributed by atoms with E-state index in [2.05, 4.69) is 9.55 Å². The highest BCUT2D eigenvalue weighted by atomic mass is 35.5. The molecule has 0 amide bonds. The van der Waals surface area contributed by atoms with Crippen LogP contribution in [0.15, 0.2) is 18.2 Å². The Hall–Kier alpha value is -1.26. The second-order valence-corrected chi connectivity index (χ2v) is 4.25. The summed E-state index contributed by atoms with van der Waals surface area (Å²) in [5.74, 6) is 2.04. The lowest BCUT2D eigenvalue weighted by atomic mass is 10.3. The minimum atomic E-state index is 0.394. The zero-order chi connectivity index (χ0) is 13.0. The number of halogens is 1. The molecule has 0 aliphatic rings.